The lowest BCUT2D eigenvalue weighted by molar-refractivity contribution is 1.18. The Morgan fingerprint density at radius 1 is 1.11 bits per heavy atom. The van der Waals surface area contributed by atoms with Gasteiger partial charge in [-0.15, -0.1) is 0 Å². The fraction of sp³-hybridized carbons (Fsp3) is 0. The summed E-state index contributed by atoms with van der Waals surface area (Å²) in [5.41, 5.74) is 7.17. The van der Waals surface area contributed by atoms with Crippen LogP contribution in [0.3, 0.4) is 0 Å². The maximum atomic E-state index is 11.7. The van der Waals surface area contributed by atoms with Crippen LogP contribution >= 0.6 is 23.2 Å². The Morgan fingerprint density at radius 2 is 1.89 bits per heavy atom. The molecule has 0 spiro atoms. The summed E-state index contributed by atoms with van der Waals surface area (Å²) in [6, 6.07) is 6.90. The zero-order valence-electron chi connectivity index (χ0n) is 9.50. The van der Waals surface area contributed by atoms with Crippen molar-refractivity contribution in [2.45, 2.75) is 0 Å². The van der Waals surface area contributed by atoms with Crippen LogP contribution in [0.4, 0.5) is 5.95 Å². The summed E-state index contributed by atoms with van der Waals surface area (Å²) in [4.78, 5) is 21.2. The lowest BCUT2D eigenvalue weighted by Gasteiger charge is -2.00. The van der Waals surface area contributed by atoms with E-state index in [0.717, 1.165) is 11.3 Å². The first-order valence-corrected chi connectivity index (χ1v) is 6.14. The number of nitrogens with two attached hydrogens (primary N) is 1. The summed E-state index contributed by atoms with van der Waals surface area (Å²) in [5.74, 6) is 0.0695. The quantitative estimate of drug-likeness (QED) is 0.645. The van der Waals surface area contributed by atoms with Gasteiger partial charge < -0.3 is 10.7 Å². The number of hydrogen-bond acceptors (Lipinski definition) is 3. The van der Waals surface area contributed by atoms with Gasteiger partial charge in [-0.2, -0.15) is 4.98 Å². The molecular weight excluding hydrogens is 287 g/mol. The Hall–Kier alpha value is -1.98. The molecule has 0 fully saturated rings. The predicted molar refractivity (Wildman–Crippen MR) is 76.6 cm³/mol. The van der Waals surface area contributed by atoms with E-state index in [1.807, 2.05) is 0 Å². The fourth-order valence-electron chi connectivity index (χ4n) is 1.86. The maximum Gasteiger partial charge on any atom is 0.261 e. The van der Waals surface area contributed by atoms with Gasteiger partial charge in [0.25, 0.3) is 5.56 Å². The third-order valence-electron chi connectivity index (χ3n) is 2.75. The van der Waals surface area contributed by atoms with Crippen LogP contribution in [0.5, 0.6) is 0 Å². The van der Waals surface area contributed by atoms with Gasteiger partial charge >= 0.3 is 0 Å². The molecule has 0 radical (unpaired) electrons. The molecule has 4 N–H and O–H groups in total. The van der Waals surface area contributed by atoms with Crippen molar-refractivity contribution in [3.63, 3.8) is 0 Å². The van der Waals surface area contributed by atoms with Gasteiger partial charge in [-0.25, -0.2) is 0 Å². The molecule has 7 heteroatoms. The van der Waals surface area contributed by atoms with Crippen molar-refractivity contribution in [3.05, 3.63) is 44.7 Å². The summed E-state index contributed by atoms with van der Waals surface area (Å²) in [6.07, 6.45) is 0. The summed E-state index contributed by atoms with van der Waals surface area (Å²) in [6.45, 7) is 0. The van der Waals surface area contributed by atoms with E-state index in [2.05, 4.69) is 15.0 Å². The second kappa shape index (κ2) is 4.29. The number of halogens is 2. The van der Waals surface area contributed by atoms with Gasteiger partial charge in [0.1, 0.15) is 5.65 Å². The molecule has 0 amide bonds. The molecule has 2 heterocycles. The Balaban J connectivity index is 2.23. The van der Waals surface area contributed by atoms with Crippen LogP contribution in [-0.2, 0) is 0 Å². The van der Waals surface area contributed by atoms with Crippen LogP contribution in [0.1, 0.15) is 0 Å². The molecule has 0 saturated carbocycles. The molecule has 0 aliphatic heterocycles. The number of benzene rings is 1. The van der Waals surface area contributed by atoms with Crippen molar-refractivity contribution in [2.24, 2.45) is 0 Å². The van der Waals surface area contributed by atoms with Crippen molar-refractivity contribution >= 4 is 40.2 Å². The molecular formula is C12H8Cl2N4O. The molecule has 0 aliphatic carbocycles. The monoisotopic (exact) mass is 294 g/mol. The molecule has 3 rings (SSSR count). The Labute approximate surface area is 117 Å². The number of nitrogens with one attached hydrogen (secondary N) is 2. The predicted octanol–water partition coefficient (Wildman–Crippen LogP) is 2.81. The molecule has 0 unspecified atom stereocenters. The third-order valence-corrected chi connectivity index (χ3v) is 3.48. The average Bonchev–Trinajstić information content (AvgIpc) is 2.76. The molecule has 0 aliphatic rings. The number of fused-ring (bicyclic) bond motifs is 1. The maximum absolute atomic E-state index is 11.7. The zero-order chi connectivity index (χ0) is 13.6. The summed E-state index contributed by atoms with van der Waals surface area (Å²) in [5, 5.41) is 1.36. The molecule has 1 aromatic carbocycles. The second-order valence-corrected chi connectivity index (χ2v) is 4.84. The van der Waals surface area contributed by atoms with Crippen molar-refractivity contribution in [3.8, 4) is 11.3 Å². The highest BCUT2D eigenvalue weighted by atomic mass is 35.5. The molecule has 96 valence electrons. The van der Waals surface area contributed by atoms with Crippen LogP contribution in [-0.4, -0.2) is 15.0 Å². The highest BCUT2D eigenvalue weighted by Gasteiger charge is 2.09. The van der Waals surface area contributed by atoms with Crippen molar-refractivity contribution in [1.29, 1.82) is 0 Å². The largest absolute Gasteiger partial charge is 0.369 e. The molecule has 3 aromatic rings. The van der Waals surface area contributed by atoms with Crippen molar-refractivity contribution in [2.75, 3.05) is 5.73 Å². The number of H-pyrrole nitrogens is 2. The van der Waals surface area contributed by atoms with Gasteiger partial charge in [0.05, 0.1) is 15.4 Å². The summed E-state index contributed by atoms with van der Waals surface area (Å²) in [7, 11) is 0. The lowest BCUT2D eigenvalue weighted by atomic mass is 10.1. The van der Waals surface area contributed by atoms with Crippen LogP contribution in [0.25, 0.3) is 22.3 Å². The molecule has 19 heavy (non-hydrogen) atoms. The number of rotatable bonds is 1. The number of aromatic amines is 2. The van der Waals surface area contributed by atoms with Crippen molar-refractivity contribution in [1.82, 2.24) is 15.0 Å². The van der Waals surface area contributed by atoms with Gasteiger partial charge in [0.2, 0.25) is 5.95 Å². The Bertz CT molecular complexity index is 837. The van der Waals surface area contributed by atoms with E-state index in [9.17, 15) is 4.79 Å². The molecule has 2 aromatic heterocycles. The van der Waals surface area contributed by atoms with E-state index < -0.39 is 0 Å². The van der Waals surface area contributed by atoms with Gasteiger partial charge in [0.15, 0.2) is 0 Å². The summed E-state index contributed by atoms with van der Waals surface area (Å²) >= 11 is 11.8. The second-order valence-electron chi connectivity index (χ2n) is 4.03. The average molecular weight is 295 g/mol. The number of hydrogen-bond donors (Lipinski definition) is 3. The number of aromatic nitrogens is 3. The Kier molecular flexibility index (Phi) is 2.73. The van der Waals surface area contributed by atoms with Gasteiger partial charge in [-0.05, 0) is 23.8 Å². The Morgan fingerprint density at radius 3 is 2.63 bits per heavy atom. The van der Waals surface area contributed by atoms with Gasteiger partial charge in [-0.1, -0.05) is 29.3 Å². The first kappa shape index (κ1) is 12.1. The molecule has 0 saturated heterocycles. The highest BCUT2D eigenvalue weighted by Crippen LogP contribution is 2.29. The first-order valence-electron chi connectivity index (χ1n) is 5.38. The molecule has 0 atom stereocenters. The van der Waals surface area contributed by atoms with E-state index in [1.165, 1.54) is 0 Å². The molecule has 0 bridgehead atoms. The van der Waals surface area contributed by atoms with E-state index in [-0.39, 0.29) is 11.5 Å². The minimum atomic E-state index is -0.287. The SMILES string of the molecule is Nc1nc2[nH]c(-c3ccc(Cl)c(Cl)c3)cc2c(=O)[nH]1. The van der Waals surface area contributed by atoms with Crippen LogP contribution in [0.15, 0.2) is 29.1 Å². The van der Waals surface area contributed by atoms with E-state index >= 15 is 0 Å². The molecule has 5 nitrogen and oxygen atoms in total. The zero-order valence-corrected chi connectivity index (χ0v) is 11.0. The minimum absolute atomic E-state index is 0.0695. The number of anilines is 1. The van der Waals surface area contributed by atoms with Crippen LogP contribution in [0, 0.1) is 0 Å². The summed E-state index contributed by atoms with van der Waals surface area (Å²) < 4.78 is 0. The minimum Gasteiger partial charge on any atom is -0.369 e. The van der Waals surface area contributed by atoms with E-state index in [0.29, 0.717) is 21.1 Å². The van der Waals surface area contributed by atoms with Crippen LogP contribution in [0.2, 0.25) is 10.0 Å². The topological polar surface area (TPSA) is 87.6 Å². The van der Waals surface area contributed by atoms with E-state index in [4.69, 9.17) is 28.9 Å². The van der Waals surface area contributed by atoms with Crippen LogP contribution < -0.4 is 11.3 Å². The third kappa shape index (κ3) is 2.07. The highest BCUT2D eigenvalue weighted by molar-refractivity contribution is 6.42. The van der Waals surface area contributed by atoms with E-state index in [1.54, 1.807) is 24.3 Å². The number of nitrogen functional groups attached to an aromatic ring is 1. The smallest absolute Gasteiger partial charge is 0.261 e. The number of nitrogens with zero attached hydrogens (tertiary/aromatic N) is 1. The lowest BCUT2D eigenvalue weighted by Crippen LogP contribution is -2.09. The normalized spacial score (nSPS) is 11.1. The standard InChI is InChI=1S/C12H8Cl2N4O/c13-7-2-1-5(3-8(7)14)9-4-6-10(16-9)17-12(15)18-11(6)19/h1-4H,(H4,15,16,17,18,19). The van der Waals surface area contributed by atoms with Gasteiger partial charge in [0, 0.05) is 5.69 Å². The fourth-order valence-corrected chi connectivity index (χ4v) is 2.15. The van der Waals surface area contributed by atoms with Gasteiger partial charge in [-0.3, -0.25) is 9.78 Å². The first-order chi connectivity index (χ1) is 9.04. The van der Waals surface area contributed by atoms with Crippen molar-refractivity contribution < 1.29 is 0 Å².